The normalized spacial score (nSPS) is 34.2. The Labute approximate surface area is 224 Å². The second kappa shape index (κ2) is 8.30. The largest absolute Gasteiger partial charge is 0.497 e. The van der Waals surface area contributed by atoms with E-state index in [1.54, 1.807) is 7.11 Å². The van der Waals surface area contributed by atoms with Crippen LogP contribution in [-0.2, 0) is 23.2 Å². The molecular formula is C31H37N3O4. The number of urea groups is 1. The van der Waals surface area contributed by atoms with E-state index in [9.17, 15) is 14.7 Å². The average Bonchev–Trinajstić information content (AvgIpc) is 3.70. The lowest BCUT2D eigenvalue weighted by molar-refractivity contribution is -0.181. The van der Waals surface area contributed by atoms with Gasteiger partial charge in [-0.05, 0) is 93.2 Å². The molecule has 2 aliphatic heterocycles. The molecule has 2 heterocycles. The molecule has 3 amide bonds. The third kappa shape index (κ3) is 3.40. The number of methoxy groups -OCH3 is 1. The summed E-state index contributed by atoms with van der Waals surface area (Å²) in [6.45, 7) is 4.30. The third-order valence-corrected chi connectivity index (χ3v) is 10.3. The summed E-state index contributed by atoms with van der Waals surface area (Å²) in [5, 5.41) is 15.8. The van der Waals surface area contributed by atoms with Gasteiger partial charge in [-0.3, -0.25) is 14.6 Å². The molecule has 4 atom stereocenters. The van der Waals surface area contributed by atoms with E-state index in [1.165, 1.54) is 34.4 Å². The van der Waals surface area contributed by atoms with Gasteiger partial charge in [-0.1, -0.05) is 35.9 Å². The molecule has 2 saturated carbocycles. The molecule has 7 heteroatoms. The Kier molecular flexibility index (Phi) is 5.28. The molecule has 38 heavy (non-hydrogen) atoms. The summed E-state index contributed by atoms with van der Waals surface area (Å²) in [6.07, 6.45) is 5.64. The van der Waals surface area contributed by atoms with Crippen molar-refractivity contribution in [2.45, 2.75) is 81.0 Å². The number of hydrogen-bond acceptors (Lipinski definition) is 5. The van der Waals surface area contributed by atoms with Gasteiger partial charge in [0.2, 0.25) is 0 Å². The Morgan fingerprint density at radius 3 is 2.61 bits per heavy atom. The molecule has 2 saturated heterocycles. The lowest BCUT2D eigenvalue weighted by Gasteiger charge is -2.66. The number of amides is 3. The van der Waals surface area contributed by atoms with Crippen LogP contribution in [0.15, 0.2) is 42.5 Å². The highest BCUT2D eigenvalue weighted by Gasteiger charge is 2.70. The molecule has 3 aliphatic carbocycles. The predicted molar refractivity (Wildman–Crippen MR) is 143 cm³/mol. The van der Waals surface area contributed by atoms with E-state index in [1.807, 2.05) is 24.3 Å². The summed E-state index contributed by atoms with van der Waals surface area (Å²) in [5.74, 6) is 1.33. The van der Waals surface area contributed by atoms with Gasteiger partial charge in [0.05, 0.1) is 19.3 Å². The van der Waals surface area contributed by atoms with Crippen molar-refractivity contribution in [2.24, 2.45) is 5.92 Å². The first-order valence-corrected chi connectivity index (χ1v) is 14.1. The number of benzene rings is 2. The van der Waals surface area contributed by atoms with Crippen LogP contribution >= 0.6 is 0 Å². The topological polar surface area (TPSA) is 82.1 Å². The third-order valence-electron chi connectivity index (χ3n) is 10.3. The van der Waals surface area contributed by atoms with Gasteiger partial charge in [0.1, 0.15) is 11.3 Å². The number of fused-ring (bicyclic) bond motifs is 1. The van der Waals surface area contributed by atoms with Crippen molar-refractivity contribution in [3.63, 3.8) is 0 Å². The van der Waals surface area contributed by atoms with Crippen LogP contribution in [-0.4, -0.2) is 64.2 Å². The molecule has 4 fully saturated rings. The van der Waals surface area contributed by atoms with Crippen LogP contribution in [0.25, 0.3) is 0 Å². The van der Waals surface area contributed by atoms with Crippen LogP contribution in [0, 0.1) is 12.8 Å². The van der Waals surface area contributed by atoms with E-state index in [2.05, 4.69) is 35.3 Å². The summed E-state index contributed by atoms with van der Waals surface area (Å²) in [7, 11) is 1.62. The van der Waals surface area contributed by atoms with Crippen molar-refractivity contribution in [3.05, 3.63) is 64.7 Å². The number of piperidine rings is 1. The molecule has 0 radical (unpaired) electrons. The summed E-state index contributed by atoms with van der Waals surface area (Å²) in [6, 6.07) is 13.8. The Morgan fingerprint density at radius 2 is 1.87 bits per heavy atom. The number of nitrogens with one attached hydrogen (secondary N) is 1. The van der Waals surface area contributed by atoms with Gasteiger partial charge in [-0.2, -0.15) is 0 Å². The number of likely N-dealkylation sites (tertiary alicyclic amines) is 1. The molecule has 7 rings (SSSR count). The van der Waals surface area contributed by atoms with Crippen molar-refractivity contribution < 1.29 is 19.4 Å². The van der Waals surface area contributed by atoms with Gasteiger partial charge in [0, 0.05) is 18.0 Å². The maximum Gasteiger partial charge on any atom is 0.325 e. The summed E-state index contributed by atoms with van der Waals surface area (Å²) in [5.41, 5.74) is 2.06. The smallest absolute Gasteiger partial charge is 0.325 e. The van der Waals surface area contributed by atoms with E-state index < -0.39 is 16.6 Å². The Hall–Kier alpha value is -2.90. The zero-order valence-corrected chi connectivity index (χ0v) is 22.3. The minimum absolute atomic E-state index is 0.0482. The fourth-order valence-electron chi connectivity index (χ4n) is 8.14. The first-order valence-electron chi connectivity index (χ1n) is 14.1. The van der Waals surface area contributed by atoms with Crippen molar-refractivity contribution in [1.29, 1.82) is 0 Å². The standard InChI is InChI=1S/C31H37N3O4/c1-20-3-8-23-16-26-31(37)12-11-30(19-29(31,25(23)15-20)13-14-33(26)17-21-4-5-21)27(35)34(28(36)32-30)18-22-6-9-24(38-2)10-7-22/h3,6-10,15,21,26,37H,4-5,11-14,16-19H2,1-2H3,(H,32,36)/t26-,29-,30+,31-/m1/s1. The fourth-order valence-corrected chi connectivity index (χ4v) is 8.14. The minimum atomic E-state index is -0.989. The number of rotatable bonds is 5. The molecular weight excluding hydrogens is 478 g/mol. The molecule has 0 aromatic heterocycles. The van der Waals surface area contributed by atoms with Gasteiger partial charge in [-0.15, -0.1) is 0 Å². The van der Waals surface area contributed by atoms with Gasteiger partial charge in [0.25, 0.3) is 5.91 Å². The number of aryl methyl sites for hydroxylation is 1. The molecule has 5 aliphatic rings. The Morgan fingerprint density at radius 1 is 1.08 bits per heavy atom. The highest BCUT2D eigenvalue weighted by Crippen LogP contribution is 2.61. The second-order valence-electron chi connectivity index (χ2n) is 12.5. The summed E-state index contributed by atoms with van der Waals surface area (Å²) in [4.78, 5) is 31.3. The quantitative estimate of drug-likeness (QED) is 0.594. The van der Waals surface area contributed by atoms with E-state index in [-0.39, 0.29) is 24.5 Å². The number of ether oxygens (including phenoxy) is 1. The second-order valence-corrected chi connectivity index (χ2v) is 12.5. The van der Waals surface area contributed by atoms with E-state index in [0.29, 0.717) is 19.3 Å². The Bertz CT molecular complexity index is 1310. The maximum absolute atomic E-state index is 14.1. The highest BCUT2D eigenvalue weighted by atomic mass is 16.5. The molecule has 2 aromatic rings. The van der Waals surface area contributed by atoms with Crippen molar-refractivity contribution in [3.8, 4) is 5.75 Å². The van der Waals surface area contributed by atoms with Gasteiger partial charge in [0.15, 0.2) is 0 Å². The molecule has 2 aromatic carbocycles. The number of carbonyl (C=O) groups is 2. The van der Waals surface area contributed by atoms with Crippen LogP contribution < -0.4 is 10.1 Å². The summed E-state index contributed by atoms with van der Waals surface area (Å²) < 4.78 is 5.25. The molecule has 1 spiro atoms. The molecule has 7 nitrogen and oxygen atoms in total. The zero-order chi connectivity index (χ0) is 26.3. The number of carbonyl (C=O) groups excluding carboxylic acids is 2. The molecule has 0 unspecified atom stereocenters. The number of imide groups is 1. The van der Waals surface area contributed by atoms with Crippen LogP contribution in [0.2, 0.25) is 0 Å². The van der Waals surface area contributed by atoms with Crippen molar-refractivity contribution >= 4 is 11.9 Å². The van der Waals surface area contributed by atoms with Gasteiger partial charge >= 0.3 is 6.03 Å². The van der Waals surface area contributed by atoms with Crippen molar-refractivity contribution in [2.75, 3.05) is 20.2 Å². The van der Waals surface area contributed by atoms with E-state index in [0.717, 1.165) is 43.2 Å². The molecule has 200 valence electrons. The first kappa shape index (κ1) is 24.2. The summed E-state index contributed by atoms with van der Waals surface area (Å²) >= 11 is 0. The van der Waals surface area contributed by atoms with E-state index in [4.69, 9.17) is 4.74 Å². The monoisotopic (exact) mass is 515 g/mol. The average molecular weight is 516 g/mol. The fraction of sp³-hybridized carbons (Fsp3) is 0.548. The lowest BCUT2D eigenvalue weighted by Crippen LogP contribution is -2.76. The number of nitrogens with zero attached hydrogens (tertiary/aromatic N) is 2. The lowest BCUT2D eigenvalue weighted by atomic mass is 9.46. The van der Waals surface area contributed by atoms with Crippen LogP contribution in [0.1, 0.15) is 60.8 Å². The Balaban J connectivity index is 1.25. The number of aliphatic hydroxyl groups is 1. The maximum atomic E-state index is 14.1. The zero-order valence-electron chi connectivity index (χ0n) is 22.3. The molecule has 2 N–H and O–H groups in total. The predicted octanol–water partition coefficient (Wildman–Crippen LogP) is 3.69. The van der Waals surface area contributed by atoms with Gasteiger partial charge < -0.3 is 15.2 Å². The van der Waals surface area contributed by atoms with Crippen LogP contribution in [0.4, 0.5) is 4.79 Å². The van der Waals surface area contributed by atoms with Crippen molar-refractivity contribution in [1.82, 2.24) is 15.1 Å². The minimum Gasteiger partial charge on any atom is -0.497 e. The number of hydrogen-bond donors (Lipinski definition) is 2. The van der Waals surface area contributed by atoms with E-state index >= 15 is 0 Å². The first-order chi connectivity index (χ1) is 18.3. The van der Waals surface area contributed by atoms with Crippen LogP contribution in [0.3, 0.4) is 0 Å². The van der Waals surface area contributed by atoms with Gasteiger partial charge in [-0.25, -0.2) is 4.79 Å². The van der Waals surface area contributed by atoms with Crippen LogP contribution in [0.5, 0.6) is 5.75 Å². The molecule has 2 bridgehead atoms. The highest BCUT2D eigenvalue weighted by molar-refractivity contribution is 6.07. The SMILES string of the molecule is COc1ccc(CN2C(=O)N[C@]3(CC[C@@]4(O)[C@H]5Cc6ccc(C)cc6[C@@]4(CCN5CC4CC4)C3)C2=O)cc1.